The van der Waals surface area contributed by atoms with Gasteiger partial charge in [0.1, 0.15) is 18.2 Å². The number of hydrogen-bond donors (Lipinski definition) is 2. The van der Waals surface area contributed by atoms with Crippen LogP contribution in [0, 0.1) is 12.5 Å². The number of aliphatic carboxylic acids is 1. The standard InChI is InChI=1S/C11H11NO6/c1-3-18-10(15)8-5-6(2)4-7(9(13)14)12(8)11(16)17/h1,7-8H,2,4-5H2,(H,13,14)(H,16,17). The number of rotatable bonds is 2. The second-order valence-electron chi connectivity index (χ2n) is 3.76. The monoisotopic (exact) mass is 253 g/mol. The molecule has 0 aromatic rings. The number of esters is 1. The number of carbonyl (C=O) groups is 3. The zero-order valence-corrected chi connectivity index (χ0v) is 9.33. The molecule has 2 N–H and O–H groups in total. The fourth-order valence-electron chi connectivity index (χ4n) is 1.84. The summed E-state index contributed by atoms with van der Waals surface area (Å²) < 4.78 is 4.29. The van der Waals surface area contributed by atoms with Crippen LogP contribution in [0.25, 0.3) is 0 Å². The minimum Gasteiger partial charge on any atom is -0.480 e. The molecule has 0 aliphatic carbocycles. The third kappa shape index (κ3) is 2.60. The summed E-state index contributed by atoms with van der Waals surface area (Å²) in [4.78, 5) is 34.1. The largest absolute Gasteiger partial charge is 0.480 e. The molecule has 0 aromatic heterocycles. The lowest BCUT2D eigenvalue weighted by Crippen LogP contribution is -2.56. The number of terminal acetylenes is 1. The van der Waals surface area contributed by atoms with Crippen LogP contribution in [0.1, 0.15) is 12.8 Å². The van der Waals surface area contributed by atoms with Gasteiger partial charge in [0.25, 0.3) is 0 Å². The quantitative estimate of drug-likeness (QED) is 0.416. The van der Waals surface area contributed by atoms with Crippen LogP contribution in [0.3, 0.4) is 0 Å². The molecule has 0 spiro atoms. The maximum atomic E-state index is 11.5. The summed E-state index contributed by atoms with van der Waals surface area (Å²) in [5, 5.41) is 18.0. The molecular weight excluding hydrogens is 242 g/mol. The molecule has 0 aromatic carbocycles. The molecule has 96 valence electrons. The fraction of sp³-hybridized carbons (Fsp3) is 0.364. The number of carboxylic acid groups (broad SMARTS) is 2. The fourth-order valence-corrected chi connectivity index (χ4v) is 1.84. The third-order valence-corrected chi connectivity index (χ3v) is 2.57. The van der Waals surface area contributed by atoms with E-state index < -0.39 is 30.1 Å². The first-order valence-electron chi connectivity index (χ1n) is 4.95. The lowest BCUT2D eigenvalue weighted by atomic mass is 9.92. The van der Waals surface area contributed by atoms with Gasteiger partial charge in [-0.1, -0.05) is 18.6 Å². The van der Waals surface area contributed by atoms with E-state index in [9.17, 15) is 14.4 Å². The molecule has 1 aliphatic heterocycles. The highest BCUT2D eigenvalue weighted by atomic mass is 16.5. The van der Waals surface area contributed by atoms with Crippen molar-refractivity contribution in [3.63, 3.8) is 0 Å². The normalized spacial score (nSPS) is 23.1. The Hall–Kier alpha value is -2.49. The van der Waals surface area contributed by atoms with Crippen LogP contribution < -0.4 is 0 Å². The number of likely N-dealkylation sites (tertiary alicyclic amines) is 1. The van der Waals surface area contributed by atoms with Gasteiger partial charge in [-0.2, -0.15) is 0 Å². The summed E-state index contributed by atoms with van der Waals surface area (Å²) in [5.41, 5.74) is 0.457. The van der Waals surface area contributed by atoms with Crippen LogP contribution in [-0.4, -0.2) is 45.2 Å². The molecule has 1 rings (SSSR count). The van der Waals surface area contributed by atoms with Crippen molar-refractivity contribution in [1.82, 2.24) is 4.90 Å². The number of amides is 1. The van der Waals surface area contributed by atoms with Gasteiger partial charge in [-0.3, -0.25) is 4.90 Å². The zero-order valence-electron chi connectivity index (χ0n) is 9.33. The van der Waals surface area contributed by atoms with Crippen LogP contribution in [-0.2, 0) is 14.3 Å². The van der Waals surface area contributed by atoms with E-state index in [-0.39, 0.29) is 12.8 Å². The highest BCUT2D eigenvalue weighted by Gasteiger charge is 2.43. The van der Waals surface area contributed by atoms with Gasteiger partial charge in [0.2, 0.25) is 0 Å². The number of hydrogen-bond acceptors (Lipinski definition) is 4. The Labute approximate surface area is 103 Å². The smallest absolute Gasteiger partial charge is 0.408 e. The first-order chi connectivity index (χ1) is 8.38. The van der Waals surface area contributed by atoms with E-state index in [1.165, 1.54) is 0 Å². The Bertz CT molecular complexity index is 449. The topological polar surface area (TPSA) is 104 Å². The molecule has 1 heterocycles. The van der Waals surface area contributed by atoms with E-state index in [2.05, 4.69) is 11.3 Å². The Kier molecular flexibility index (Phi) is 3.94. The highest BCUT2D eigenvalue weighted by Crippen LogP contribution is 2.27. The van der Waals surface area contributed by atoms with Crippen molar-refractivity contribution in [2.45, 2.75) is 24.9 Å². The molecule has 18 heavy (non-hydrogen) atoms. The van der Waals surface area contributed by atoms with Gasteiger partial charge in [0.05, 0.1) is 0 Å². The number of piperidine rings is 1. The number of ether oxygens (including phenoxy) is 1. The summed E-state index contributed by atoms with van der Waals surface area (Å²) in [6.07, 6.45) is 4.86. The first kappa shape index (κ1) is 13.6. The van der Waals surface area contributed by atoms with Crippen molar-refractivity contribution >= 4 is 18.0 Å². The lowest BCUT2D eigenvalue weighted by molar-refractivity contribution is -0.150. The van der Waals surface area contributed by atoms with Crippen molar-refractivity contribution in [2.75, 3.05) is 0 Å². The van der Waals surface area contributed by atoms with Gasteiger partial charge in [-0.25, -0.2) is 14.4 Å². The third-order valence-electron chi connectivity index (χ3n) is 2.57. The molecule has 1 saturated heterocycles. The number of carboxylic acids is 1. The van der Waals surface area contributed by atoms with E-state index in [1.54, 1.807) is 6.11 Å². The summed E-state index contributed by atoms with van der Waals surface area (Å²) in [6.45, 7) is 3.59. The molecule has 1 fully saturated rings. The lowest BCUT2D eigenvalue weighted by Gasteiger charge is -2.36. The van der Waals surface area contributed by atoms with Crippen molar-refractivity contribution in [1.29, 1.82) is 0 Å². The van der Waals surface area contributed by atoms with Crippen LogP contribution in [0.5, 0.6) is 0 Å². The van der Waals surface area contributed by atoms with Gasteiger partial charge in [-0.15, -0.1) is 0 Å². The zero-order chi connectivity index (χ0) is 13.9. The average Bonchev–Trinajstić information content (AvgIpc) is 2.27. The van der Waals surface area contributed by atoms with Crippen LogP contribution >= 0.6 is 0 Å². The summed E-state index contributed by atoms with van der Waals surface area (Å²) in [7, 11) is 0. The molecular formula is C11H11NO6. The van der Waals surface area contributed by atoms with Crippen molar-refractivity contribution in [3.8, 4) is 12.5 Å². The molecule has 0 saturated carbocycles. The van der Waals surface area contributed by atoms with Gasteiger partial charge in [0.15, 0.2) is 0 Å². The van der Waals surface area contributed by atoms with Gasteiger partial charge in [-0.05, 0) is 12.8 Å². The Balaban J connectivity index is 3.08. The van der Waals surface area contributed by atoms with Crippen LogP contribution in [0.15, 0.2) is 12.2 Å². The van der Waals surface area contributed by atoms with E-state index in [0.29, 0.717) is 10.5 Å². The van der Waals surface area contributed by atoms with Crippen LogP contribution in [0.4, 0.5) is 4.79 Å². The molecule has 1 amide bonds. The van der Waals surface area contributed by atoms with Crippen molar-refractivity contribution in [3.05, 3.63) is 12.2 Å². The summed E-state index contributed by atoms with van der Waals surface area (Å²) in [6, 6.07) is -2.64. The molecule has 7 heteroatoms. The molecule has 0 radical (unpaired) electrons. The second kappa shape index (κ2) is 5.23. The predicted molar refractivity (Wildman–Crippen MR) is 58.4 cm³/mol. The Morgan fingerprint density at radius 1 is 1.33 bits per heavy atom. The molecule has 1 aliphatic rings. The van der Waals surface area contributed by atoms with Gasteiger partial charge in [0, 0.05) is 0 Å². The average molecular weight is 253 g/mol. The summed E-state index contributed by atoms with van der Waals surface area (Å²) >= 11 is 0. The van der Waals surface area contributed by atoms with Gasteiger partial charge >= 0.3 is 18.0 Å². The minimum absolute atomic E-state index is 0.00338. The molecule has 2 atom stereocenters. The van der Waals surface area contributed by atoms with Gasteiger partial charge < -0.3 is 14.9 Å². The number of nitrogens with zero attached hydrogens (tertiary/aromatic N) is 1. The highest BCUT2D eigenvalue weighted by molar-refractivity contribution is 5.87. The van der Waals surface area contributed by atoms with Crippen molar-refractivity contribution in [2.24, 2.45) is 0 Å². The van der Waals surface area contributed by atoms with E-state index in [4.69, 9.17) is 16.6 Å². The van der Waals surface area contributed by atoms with Crippen LogP contribution in [0.2, 0.25) is 0 Å². The molecule has 2 unspecified atom stereocenters. The number of carbonyl (C=O) groups excluding carboxylic acids is 1. The minimum atomic E-state index is -1.52. The van der Waals surface area contributed by atoms with Crippen molar-refractivity contribution < 1.29 is 29.3 Å². The second-order valence-corrected chi connectivity index (χ2v) is 3.76. The van der Waals surface area contributed by atoms with E-state index in [0.717, 1.165) is 0 Å². The SMILES string of the molecule is C#COC(=O)C1CC(=C)CC(C(=O)O)N1C(=O)O. The van der Waals surface area contributed by atoms with E-state index in [1.807, 2.05) is 0 Å². The summed E-state index contributed by atoms with van der Waals surface area (Å²) in [5.74, 6) is -2.33. The maximum Gasteiger partial charge on any atom is 0.408 e. The maximum absolute atomic E-state index is 11.5. The predicted octanol–water partition coefficient (Wildman–Crippen LogP) is 0.272. The van der Waals surface area contributed by atoms with E-state index >= 15 is 0 Å². The first-order valence-corrected chi connectivity index (χ1v) is 4.95. The Morgan fingerprint density at radius 2 is 1.89 bits per heavy atom. The molecule has 0 bridgehead atoms. The Morgan fingerprint density at radius 3 is 2.33 bits per heavy atom. The molecule has 7 nitrogen and oxygen atoms in total.